The third-order valence-corrected chi connectivity index (χ3v) is 10.5. The standard InChI is InChI=1S/C50H33N3O/c1-51-50(53-49(52-31-32-12-4-2-5-13-32)35-24-22-34(23-25-35)33-14-6-3-7-15-33)44-20-11-21-45-48(44)43-27-26-36(30-46(43)54-45)37-28-29-42-39-17-9-8-16-38(39)41-19-10-18-40(37)47(41)42/h2-30H,1,31H2. The normalized spacial score (nSPS) is 12.4. The van der Waals surface area contributed by atoms with E-state index in [1.807, 2.05) is 42.5 Å². The van der Waals surface area contributed by atoms with Gasteiger partial charge in [-0.1, -0.05) is 158 Å². The molecule has 1 aromatic heterocycles. The van der Waals surface area contributed by atoms with E-state index in [1.165, 1.54) is 38.6 Å². The zero-order chi connectivity index (χ0) is 36.0. The van der Waals surface area contributed by atoms with E-state index in [1.54, 1.807) is 0 Å². The first-order valence-electron chi connectivity index (χ1n) is 18.1. The molecule has 0 fully saturated rings. The van der Waals surface area contributed by atoms with Gasteiger partial charge in [0.25, 0.3) is 0 Å². The summed E-state index contributed by atoms with van der Waals surface area (Å²) in [5.41, 5.74) is 14.1. The van der Waals surface area contributed by atoms with Gasteiger partial charge in [-0.3, -0.25) is 4.99 Å². The molecule has 0 N–H and O–H groups in total. The van der Waals surface area contributed by atoms with Crippen LogP contribution in [0.15, 0.2) is 195 Å². The fourth-order valence-corrected chi connectivity index (χ4v) is 7.90. The lowest BCUT2D eigenvalue weighted by atomic mass is 9.93. The highest BCUT2D eigenvalue weighted by Gasteiger charge is 2.23. The van der Waals surface area contributed by atoms with Gasteiger partial charge in [-0.05, 0) is 85.8 Å². The van der Waals surface area contributed by atoms with Crippen LogP contribution in [-0.2, 0) is 6.54 Å². The van der Waals surface area contributed by atoms with Crippen LogP contribution in [-0.4, -0.2) is 18.4 Å². The Kier molecular flexibility index (Phi) is 7.66. The van der Waals surface area contributed by atoms with Gasteiger partial charge in [-0.25, -0.2) is 9.98 Å². The molecule has 1 aliphatic rings. The van der Waals surface area contributed by atoms with Crippen LogP contribution in [0.2, 0.25) is 0 Å². The zero-order valence-electron chi connectivity index (χ0n) is 29.4. The van der Waals surface area contributed by atoms with Crippen LogP contribution in [0.4, 0.5) is 0 Å². The van der Waals surface area contributed by atoms with Crippen LogP contribution < -0.4 is 0 Å². The van der Waals surface area contributed by atoms with Crippen molar-refractivity contribution >= 4 is 51.1 Å². The van der Waals surface area contributed by atoms with E-state index >= 15 is 0 Å². The predicted octanol–water partition coefficient (Wildman–Crippen LogP) is 12.8. The van der Waals surface area contributed by atoms with Gasteiger partial charge in [0.2, 0.25) is 0 Å². The molecule has 4 heteroatoms. The SMILES string of the molecule is C=NC(=NC(=NCc1ccccc1)c1ccc(-c2ccccc2)cc1)c1cccc2oc3cc(-c4ccc5c6c(cccc46)-c4ccccc4-5)ccc3c12. The van der Waals surface area contributed by atoms with Crippen molar-refractivity contribution in [2.75, 3.05) is 0 Å². The highest BCUT2D eigenvalue weighted by Crippen LogP contribution is 2.49. The third kappa shape index (κ3) is 5.35. The largest absolute Gasteiger partial charge is 0.456 e. The number of amidine groups is 2. The topological polar surface area (TPSA) is 50.2 Å². The number of furan rings is 1. The lowest BCUT2D eigenvalue weighted by molar-refractivity contribution is 0.669. The minimum Gasteiger partial charge on any atom is -0.456 e. The molecular formula is C50H33N3O. The summed E-state index contributed by atoms with van der Waals surface area (Å²) >= 11 is 0. The van der Waals surface area contributed by atoms with E-state index < -0.39 is 0 Å². The van der Waals surface area contributed by atoms with E-state index in [-0.39, 0.29) is 0 Å². The van der Waals surface area contributed by atoms with Gasteiger partial charge >= 0.3 is 0 Å². The van der Waals surface area contributed by atoms with Gasteiger partial charge in [0.05, 0.1) is 6.54 Å². The summed E-state index contributed by atoms with van der Waals surface area (Å²) in [5, 5.41) is 4.49. The van der Waals surface area contributed by atoms with E-state index in [9.17, 15) is 0 Å². The average Bonchev–Trinajstić information content (AvgIpc) is 3.78. The number of hydrogen-bond acceptors (Lipinski definition) is 2. The van der Waals surface area contributed by atoms with Gasteiger partial charge in [-0.15, -0.1) is 0 Å². The van der Waals surface area contributed by atoms with Gasteiger partial charge in [-0.2, -0.15) is 0 Å². The van der Waals surface area contributed by atoms with Crippen LogP contribution in [0.25, 0.3) is 77.2 Å². The van der Waals surface area contributed by atoms with E-state index in [0.29, 0.717) is 18.2 Å². The van der Waals surface area contributed by atoms with Crippen LogP contribution in [0.5, 0.6) is 0 Å². The van der Waals surface area contributed by atoms with Crippen molar-refractivity contribution in [3.63, 3.8) is 0 Å². The molecular weight excluding hydrogens is 659 g/mol. The Balaban J connectivity index is 1.07. The summed E-state index contributed by atoms with van der Waals surface area (Å²) in [6.07, 6.45) is 0. The lowest BCUT2D eigenvalue weighted by Crippen LogP contribution is -2.06. The fraction of sp³-hybridized carbons (Fsp3) is 0.0200. The van der Waals surface area contributed by atoms with Crippen molar-refractivity contribution in [3.8, 4) is 44.5 Å². The number of fused-ring (bicyclic) bond motifs is 6. The minimum atomic E-state index is 0.482. The molecule has 0 spiro atoms. The van der Waals surface area contributed by atoms with Crippen LogP contribution in [0, 0.1) is 0 Å². The lowest BCUT2D eigenvalue weighted by Gasteiger charge is -2.10. The molecule has 0 radical (unpaired) electrons. The monoisotopic (exact) mass is 691 g/mol. The van der Waals surface area contributed by atoms with Crippen molar-refractivity contribution in [2.45, 2.75) is 6.54 Å². The van der Waals surface area contributed by atoms with Crippen LogP contribution in [0.3, 0.4) is 0 Å². The Morgan fingerprint density at radius 2 is 1.11 bits per heavy atom. The van der Waals surface area contributed by atoms with Crippen molar-refractivity contribution in [1.82, 2.24) is 0 Å². The Bertz CT molecular complexity index is 2930. The molecule has 4 nitrogen and oxygen atoms in total. The van der Waals surface area contributed by atoms with Crippen molar-refractivity contribution < 1.29 is 4.42 Å². The average molecular weight is 692 g/mol. The van der Waals surface area contributed by atoms with Crippen molar-refractivity contribution in [1.29, 1.82) is 0 Å². The summed E-state index contributed by atoms with van der Waals surface area (Å²) in [7, 11) is 0. The van der Waals surface area contributed by atoms with Crippen LogP contribution in [0.1, 0.15) is 16.7 Å². The maximum atomic E-state index is 6.58. The molecule has 0 amide bonds. The van der Waals surface area contributed by atoms with Gasteiger partial charge < -0.3 is 4.42 Å². The molecule has 9 aromatic rings. The Morgan fingerprint density at radius 3 is 1.89 bits per heavy atom. The highest BCUT2D eigenvalue weighted by atomic mass is 16.3. The second-order valence-corrected chi connectivity index (χ2v) is 13.6. The molecule has 1 aliphatic carbocycles. The van der Waals surface area contributed by atoms with Gasteiger partial charge in [0.15, 0.2) is 11.7 Å². The van der Waals surface area contributed by atoms with Crippen molar-refractivity contribution in [2.24, 2.45) is 15.0 Å². The molecule has 8 aromatic carbocycles. The first-order valence-corrected chi connectivity index (χ1v) is 18.1. The maximum absolute atomic E-state index is 6.58. The predicted molar refractivity (Wildman–Crippen MR) is 226 cm³/mol. The molecule has 0 unspecified atom stereocenters. The zero-order valence-corrected chi connectivity index (χ0v) is 29.4. The molecule has 254 valence electrons. The molecule has 0 saturated heterocycles. The molecule has 0 aliphatic heterocycles. The van der Waals surface area contributed by atoms with Crippen molar-refractivity contribution in [3.05, 3.63) is 193 Å². The van der Waals surface area contributed by atoms with E-state index in [2.05, 4.69) is 145 Å². The summed E-state index contributed by atoms with van der Waals surface area (Å²) < 4.78 is 6.58. The summed E-state index contributed by atoms with van der Waals surface area (Å²) in [6.45, 7) is 4.46. The Labute approximate surface area is 313 Å². The number of rotatable bonds is 6. The first-order chi connectivity index (χ1) is 26.7. The molecule has 10 rings (SSSR count). The Morgan fingerprint density at radius 1 is 0.463 bits per heavy atom. The second-order valence-electron chi connectivity index (χ2n) is 13.6. The molecule has 54 heavy (non-hydrogen) atoms. The maximum Gasteiger partial charge on any atom is 0.161 e. The highest BCUT2D eigenvalue weighted by molar-refractivity contribution is 6.23. The van der Waals surface area contributed by atoms with E-state index in [4.69, 9.17) is 14.4 Å². The quantitative estimate of drug-likeness (QED) is 0.126. The molecule has 0 saturated carbocycles. The van der Waals surface area contributed by atoms with Gasteiger partial charge in [0, 0.05) is 21.9 Å². The van der Waals surface area contributed by atoms with Gasteiger partial charge in [0.1, 0.15) is 11.2 Å². The minimum absolute atomic E-state index is 0.482. The number of aliphatic imine (C=N–C) groups is 3. The number of hydrogen-bond donors (Lipinski definition) is 0. The summed E-state index contributed by atoms with van der Waals surface area (Å²) in [4.78, 5) is 14.6. The molecule has 0 bridgehead atoms. The smallest absolute Gasteiger partial charge is 0.161 e. The number of benzene rings is 8. The fourth-order valence-electron chi connectivity index (χ4n) is 7.90. The molecule has 0 atom stereocenters. The van der Waals surface area contributed by atoms with E-state index in [0.717, 1.165) is 55.3 Å². The summed E-state index contributed by atoms with van der Waals surface area (Å²) in [5.74, 6) is 1.07. The number of nitrogens with zero attached hydrogens (tertiary/aromatic N) is 3. The summed E-state index contributed by atoms with van der Waals surface area (Å²) in [6, 6.07) is 61.3. The third-order valence-electron chi connectivity index (χ3n) is 10.5. The second kappa shape index (κ2) is 13.1. The van der Waals surface area contributed by atoms with Crippen LogP contribution >= 0.6 is 0 Å². The molecule has 1 heterocycles. The Hall–Kier alpha value is -7.17. The first kappa shape index (κ1) is 31.6.